The molecule has 0 saturated carbocycles. The smallest absolute Gasteiger partial charge is 0.321 e. The predicted molar refractivity (Wildman–Crippen MR) is 98.4 cm³/mol. The molecule has 1 atom stereocenters. The Morgan fingerprint density at radius 2 is 2.08 bits per heavy atom. The summed E-state index contributed by atoms with van der Waals surface area (Å²) in [6, 6.07) is 9.27. The van der Waals surface area contributed by atoms with E-state index in [0.29, 0.717) is 11.0 Å². The van der Waals surface area contributed by atoms with Gasteiger partial charge < -0.3 is 5.32 Å². The minimum atomic E-state index is -0.299. The van der Waals surface area contributed by atoms with Gasteiger partial charge in [0.1, 0.15) is 0 Å². The molecule has 0 unspecified atom stereocenters. The van der Waals surface area contributed by atoms with E-state index in [2.05, 4.69) is 25.1 Å². The van der Waals surface area contributed by atoms with Gasteiger partial charge in [0.25, 0.3) is 0 Å². The van der Waals surface area contributed by atoms with Gasteiger partial charge in [0.15, 0.2) is 5.82 Å². The third-order valence-electron chi connectivity index (χ3n) is 3.77. The van der Waals surface area contributed by atoms with Crippen LogP contribution in [0.2, 0.25) is 0 Å². The minimum Gasteiger partial charge on any atom is -0.331 e. The molecule has 0 fully saturated rings. The van der Waals surface area contributed by atoms with Gasteiger partial charge in [-0.15, -0.1) is 0 Å². The molecular weight excluding hydrogens is 336 g/mol. The number of anilines is 1. The number of nitrogens with one attached hydrogen (secondary N) is 2. The van der Waals surface area contributed by atoms with E-state index in [9.17, 15) is 4.79 Å². The van der Waals surface area contributed by atoms with Crippen LogP contribution in [-0.2, 0) is 6.54 Å². The SMILES string of the molecule is CC[C@H](NC(=O)Nc1nc(-c2ccccc2)ns1)c1cnn(CC)c1. The minimum absolute atomic E-state index is 0.0955. The number of aromatic nitrogens is 4. The van der Waals surface area contributed by atoms with Crippen molar-refractivity contribution >= 4 is 22.7 Å². The summed E-state index contributed by atoms with van der Waals surface area (Å²) in [6.07, 6.45) is 4.51. The number of aryl methyl sites for hydroxylation is 1. The second-order valence-corrected chi connectivity index (χ2v) is 6.23. The van der Waals surface area contributed by atoms with Crippen molar-refractivity contribution in [3.63, 3.8) is 0 Å². The van der Waals surface area contributed by atoms with Crippen molar-refractivity contribution < 1.29 is 4.79 Å². The lowest BCUT2D eigenvalue weighted by molar-refractivity contribution is 0.248. The van der Waals surface area contributed by atoms with Gasteiger partial charge in [0.2, 0.25) is 5.13 Å². The summed E-state index contributed by atoms with van der Waals surface area (Å²) in [6.45, 7) is 4.85. The summed E-state index contributed by atoms with van der Waals surface area (Å²) in [7, 11) is 0. The van der Waals surface area contributed by atoms with Crippen LogP contribution in [-0.4, -0.2) is 25.2 Å². The first-order valence-electron chi connectivity index (χ1n) is 8.18. The molecule has 0 saturated heterocycles. The van der Waals surface area contributed by atoms with E-state index in [1.165, 1.54) is 0 Å². The lowest BCUT2D eigenvalue weighted by Gasteiger charge is -2.15. The Morgan fingerprint density at radius 1 is 1.28 bits per heavy atom. The second kappa shape index (κ2) is 7.89. The average molecular weight is 356 g/mol. The summed E-state index contributed by atoms with van der Waals surface area (Å²) in [5, 5.41) is 10.4. The molecule has 25 heavy (non-hydrogen) atoms. The lowest BCUT2D eigenvalue weighted by Crippen LogP contribution is -2.32. The predicted octanol–water partition coefficient (Wildman–Crippen LogP) is 3.69. The largest absolute Gasteiger partial charge is 0.331 e. The molecule has 8 heteroatoms. The van der Waals surface area contributed by atoms with Crippen LogP contribution in [0.4, 0.5) is 9.93 Å². The fraction of sp³-hybridized carbons (Fsp3) is 0.294. The molecule has 0 aliphatic heterocycles. The third-order valence-corrected chi connectivity index (χ3v) is 4.40. The van der Waals surface area contributed by atoms with Crippen LogP contribution < -0.4 is 10.6 Å². The molecule has 0 aliphatic rings. The molecule has 0 bridgehead atoms. The second-order valence-electron chi connectivity index (χ2n) is 5.48. The molecular formula is C17H20N6OS. The van der Waals surface area contributed by atoms with Gasteiger partial charge in [0, 0.05) is 35.4 Å². The van der Waals surface area contributed by atoms with Crippen molar-refractivity contribution in [1.29, 1.82) is 0 Å². The Morgan fingerprint density at radius 3 is 2.76 bits per heavy atom. The molecule has 0 aliphatic carbocycles. The molecule has 3 aromatic rings. The van der Waals surface area contributed by atoms with Crippen LogP contribution in [0.1, 0.15) is 31.9 Å². The van der Waals surface area contributed by atoms with Crippen LogP contribution in [0.3, 0.4) is 0 Å². The fourth-order valence-corrected chi connectivity index (χ4v) is 3.01. The monoisotopic (exact) mass is 356 g/mol. The van der Waals surface area contributed by atoms with Gasteiger partial charge >= 0.3 is 6.03 Å². The number of carbonyl (C=O) groups excluding carboxylic acids is 1. The number of benzene rings is 1. The summed E-state index contributed by atoms with van der Waals surface area (Å²) in [5.41, 5.74) is 1.91. The van der Waals surface area contributed by atoms with E-state index >= 15 is 0 Å². The van der Waals surface area contributed by atoms with E-state index in [1.54, 1.807) is 6.20 Å². The van der Waals surface area contributed by atoms with E-state index in [0.717, 1.165) is 35.6 Å². The Balaban J connectivity index is 1.63. The van der Waals surface area contributed by atoms with Crippen molar-refractivity contribution in [2.24, 2.45) is 0 Å². The maximum absolute atomic E-state index is 12.3. The maximum Gasteiger partial charge on any atom is 0.321 e. The first-order valence-corrected chi connectivity index (χ1v) is 8.96. The summed E-state index contributed by atoms with van der Waals surface area (Å²) in [5.74, 6) is 0.608. The lowest BCUT2D eigenvalue weighted by atomic mass is 10.1. The molecule has 2 aromatic heterocycles. The first kappa shape index (κ1) is 17.1. The number of amides is 2. The van der Waals surface area contributed by atoms with Gasteiger partial charge in [-0.25, -0.2) is 4.79 Å². The van der Waals surface area contributed by atoms with Crippen LogP contribution in [0.25, 0.3) is 11.4 Å². The highest BCUT2D eigenvalue weighted by atomic mass is 32.1. The van der Waals surface area contributed by atoms with E-state index in [-0.39, 0.29) is 12.1 Å². The highest BCUT2D eigenvalue weighted by molar-refractivity contribution is 7.10. The van der Waals surface area contributed by atoms with Gasteiger partial charge in [-0.1, -0.05) is 37.3 Å². The zero-order valence-electron chi connectivity index (χ0n) is 14.1. The standard InChI is InChI=1S/C17H20N6OS/c1-3-14(13-10-18-23(4-2)11-13)19-16(24)21-17-20-15(22-25-17)12-8-6-5-7-9-12/h5-11,14H,3-4H2,1-2H3,(H2,19,20,21,22,24)/t14-/m0/s1. The average Bonchev–Trinajstić information content (AvgIpc) is 3.30. The molecule has 2 heterocycles. The topological polar surface area (TPSA) is 84.7 Å². The fourth-order valence-electron chi connectivity index (χ4n) is 2.42. The molecule has 0 radical (unpaired) electrons. The van der Waals surface area contributed by atoms with Crippen LogP contribution in [0.15, 0.2) is 42.7 Å². The number of urea groups is 1. The highest BCUT2D eigenvalue weighted by Gasteiger charge is 2.16. The Kier molecular flexibility index (Phi) is 5.39. The van der Waals surface area contributed by atoms with Crippen molar-refractivity contribution in [2.45, 2.75) is 32.9 Å². The van der Waals surface area contributed by atoms with Crippen molar-refractivity contribution in [3.05, 3.63) is 48.3 Å². The van der Waals surface area contributed by atoms with Crippen molar-refractivity contribution in [1.82, 2.24) is 24.5 Å². The Bertz CT molecular complexity index is 829. The summed E-state index contributed by atoms with van der Waals surface area (Å²) >= 11 is 1.16. The van der Waals surface area contributed by atoms with Gasteiger partial charge in [-0.3, -0.25) is 10.00 Å². The number of rotatable bonds is 6. The molecule has 1 aromatic carbocycles. The third kappa shape index (κ3) is 4.21. The number of nitrogens with zero attached hydrogens (tertiary/aromatic N) is 4. The van der Waals surface area contributed by atoms with Crippen molar-refractivity contribution in [3.8, 4) is 11.4 Å². The molecule has 130 valence electrons. The first-order chi connectivity index (χ1) is 12.2. The van der Waals surface area contributed by atoms with Gasteiger partial charge in [-0.2, -0.15) is 14.5 Å². The van der Waals surface area contributed by atoms with Crippen molar-refractivity contribution in [2.75, 3.05) is 5.32 Å². The molecule has 3 rings (SSSR count). The summed E-state index contributed by atoms with van der Waals surface area (Å²) in [4.78, 5) is 16.6. The number of hydrogen-bond acceptors (Lipinski definition) is 5. The van der Waals surface area contributed by atoms with Gasteiger partial charge in [0.05, 0.1) is 12.2 Å². The highest BCUT2D eigenvalue weighted by Crippen LogP contribution is 2.21. The molecule has 7 nitrogen and oxygen atoms in total. The van der Waals surface area contributed by atoms with E-state index in [1.807, 2.05) is 55.1 Å². The summed E-state index contributed by atoms with van der Waals surface area (Å²) < 4.78 is 6.13. The number of hydrogen-bond donors (Lipinski definition) is 2. The molecule has 2 amide bonds. The Hall–Kier alpha value is -2.74. The van der Waals surface area contributed by atoms with Crippen LogP contribution in [0, 0.1) is 0 Å². The quantitative estimate of drug-likeness (QED) is 0.705. The maximum atomic E-state index is 12.3. The zero-order valence-corrected chi connectivity index (χ0v) is 15.0. The number of carbonyl (C=O) groups is 1. The zero-order chi connectivity index (χ0) is 17.6. The molecule has 0 spiro atoms. The van der Waals surface area contributed by atoms with E-state index < -0.39 is 0 Å². The van der Waals surface area contributed by atoms with Crippen LogP contribution in [0.5, 0.6) is 0 Å². The normalized spacial score (nSPS) is 11.9. The Labute approximate surface area is 150 Å². The molecule has 2 N–H and O–H groups in total. The van der Waals surface area contributed by atoms with Gasteiger partial charge in [-0.05, 0) is 13.3 Å². The van der Waals surface area contributed by atoms with E-state index in [4.69, 9.17) is 0 Å². The van der Waals surface area contributed by atoms with Crippen LogP contribution >= 0.6 is 11.5 Å².